The highest BCUT2D eigenvalue weighted by atomic mass is 32.1. The van der Waals surface area contributed by atoms with Crippen LogP contribution in [0.4, 0.5) is 5.82 Å². The predicted molar refractivity (Wildman–Crippen MR) is 58.1 cm³/mol. The first kappa shape index (κ1) is 10.3. The second-order valence-corrected chi connectivity index (χ2v) is 4.04. The summed E-state index contributed by atoms with van der Waals surface area (Å²) >= 11 is 1.39. The van der Waals surface area contributed by atoms with Crippen LogP contribution in [-0.4, -0.2) is 21.1 Å². The van der Waals surface area contributed by atoms with Gasteiger partial charge in [-0.15, -0.1) is 11.3 Å². The van der Waals surface area contributed by atoms with E-state index in [-0.39, 0.29) is 11.7 Å². The van der Waals surface area contributed by atoms with Crippen molar-refractivity contribution in [3.63, 3.8) is 0 Å². The Hall–Kier alpha value is -2.20. The Morgan fingerprint density at radius 3 is 3.12 bits per heavy atom. The van der Waals surface area contributed by atoms with Gasteiger partial charge in [0.15, 0.2) is 0 Å². The Morgan fingerprint density at radius 2 is 2.50 bits per heavy atom. The van der Waals surface area contributed by atoms with Crippen molar-refractivity contribution in [1.29, 1.82) is 5.26 Å². The number of thiazole rings is 1. The molecule has 80 valence electrons. The van der Waals surface area contributed by atoms with Crippen molar-refractivity contribution in [1.82, 2.24) is 15.2 Å². The molecule has 16 heavy (non-hydrogen) atoms. The summed E-state index contributed by atoms with van der Waals surface area (Å²) in [6.45, 7) is 1.82. The highest BCUT2D eigenvalue weighted by Gasteiger charge is 2.12. The molecule has 0 saturated heterocycles. The Morgan fingerprint density at radius 1 is 1.69 bits per heavy atom. The number of aromatic amines is 1. The zero-order valence-electron chi connectivity index (χ0n) is 8.31. The molecule has 2 aromatic rings. The molecule has 0 aliphatic rings. The van der Waals surface area contributed by atoms with E-state index in [0.29, 0.717) is 11.3 Å². The van der Waals surface area contributed by atoms with Crippen molar-refractivity contribution in [2.24, 2.45) is 0 Å². The maximum Gasteiger partial charge on any atom is 0.276 e. The minimum atomic E-state index is -0.356. The Kier molecular flexibility index (Phi) is 2.66. The largest absolute Gasteiger partial charge is 0.304 e. The molecule has 2 rings (SSSR count). The molecule has 0 aliphatic heterocycles. The number of anilines is 1. The van der Waals surface area contributed by atoms with Gasteiger partial charge in [0, 0.05) is 5.38 Å². The molecular formula is C9H7N5OS. The monoisotopic (exact) mass is 233 g/mol. The van der Waals surface area contributed by atoms with Gasteiger partial charge in [-0.3, -0.25) is 9.89 Å². The van der Waals surface area contributed by atoms with Gasteiger partial charge in [-0.2, -0.15) is 10.4 Å². The van der Waals surface area contributed by atoms with Crippen LogP contribution in [0, 0.1) is 18.3 Å². The molecule has 6 nitrogen and oxygen atoms in total. The van der Waals surface area contributed by atoms with E-state index in [2.05, 4.69) is 20.5 Å². The average molecular weight is 233 g/mol. The van der Waals surface area contributed by atoms with Crippen LogP contribution in [0.25, 0.3) is 0 Å². The van der Waals surface area contributed by atoms with Crippen LogP contribution in [0.15, 0.2) is 11.6 Å². The third kappa shape index (κ3) is 1.92. The molecular weight excluding hydrogens is 226 g/mol. The Balaban J connectivity index is 2.17. The Bertz CT molecular complexity index is 564. The number of nitrogens with zero attached hydrogens (tertiary/aromatic N) is 3. The van der Waals surface area contributed by atoms with Gasteiger partial charge in [0.25, 0.3) is 5.91 Å². The van der Waals surface area contributed by atoms with Crippen LogP contribution in [0.5, 0.6) is 0 Å². The van der Waals surface area contributed by atoms with Crippen molar-refractivity contribution in [3.05, 3.63) is 27.8 Å². The molecule has 0 aliphatic carbocycles. The Labute approximate surface area is 94.9 Å². The average Bonchev–Trinajstić information content (AvgIpc) is 2.86. The number of aromatic nitrogens is 3. The molecule has 7 heteroatoms. The zero-order chi connectivity index (χ0) is 11.5. The van der Waals surface area contributed by atoms with E-state index in [1.54, 1.807) is 5.38 Å². The van der Waals surface area contributed by atoms with E-state index in [4.69, 9.17) is 5.26 Å². The topological polar surface area (TPSA) is 94.5 Å². The predicted octanol–water partition coefficient (Wildman–Crippen LogP) is 1.30. The molecule has 1 amide bonds. The van der Waals surface area contributed by atoms with Crippen molar-refractivity contribution in [2.75, 3.05) is 5.32 Å². The molecule has 2 N–H and O–H groups in total. The number of carbonyl (C=O) groups is 1. The van der Waals surface area contributed by atoms with E-state index < -0.39 is 0 Å². The number of aryl methyl sites for hydroxylation is 1. The van der Waals surface area contributed by atoms with E-state index in [0.717, 1.165) is 5.01 Å². The van der Waals surface area contributed by atoms with E-state index in [9.17, 15) is 4.79 Å². The molecule has 0 saturated carbocycles. The summed E-state index contributed by atoms with van der Waals surface area (Å²) in [5.74, 6) is -0.0664. The fourth-order valence-electron chi connectivity index (χ4n) is 1.11. The van der Waals surface area contributed by atoms with Gasteiger partial charge >= 0.3 is 0 Å². The van der Waals surface area contributed by atoms with Crippen molar-refractivity contribution in [2.45, 2.75) is 6.92 Å². The molecule has 2 aromatic heterocycles. The maximum absolute atomic E-state index is 11.7. The van der Waals surface area contributed by atoms with Crippen molar-refractivity contribution >= 4 is 23.1 Å². The minimum absolute atomic E-state index is 0.290. The highest BCUT2D eigenvalue weighted by Crippen LogP contribution is 2.12. The summed E-state index contributed by atoms with van der Waals surface area (Å²) in [5.41, 5.74) is 0.626. The second kappa shape index (κ2) is 4.12. The SMILES string of the molecule is Cc1nc(C(=O)Nc2[nH]ncc2C#N)cs1. The quantitative estimate of drug-likeness (QED) is 0.817. The minimum Gasteiger partial charge on any atom is -0.304 e. The fourth-order valence-corrected chi connectivity index (χ4v) is 1.70. The lowest BCUT2D eigenvalue weighted by Gasteiger charge is -1.99. The van der Waals surface area contributed by atoms with Crippen LogP contribution in [0.1, 0.15) is 21.1 Å². The van der Waals surface area contributed by atoms with Crippen molar-refractivity contribution < 1.29 is 4.79 Å². The lowest BCUT2D eigenvalue weighted by molar-refractivity contribution is 0.102. The molecule has 0 spiro atoms. The summed E-state index contributed by atoms with van der Waals surface area (Å²) < 4.78 is 0. The van der Waals surface area contributed by atoms with Crippen LogP contribution in [-0.2, 0) is 0 Å². The van der Waals surface area contributed by atoms with E-state index >= 15 is 0 Å². The van der Waals surface area contributed by atoms with Gasteiger partial charge in [-0.1, -0.05) is 0 Å². The van der Waals surface area contributed by atoms with Crippen LogP contribution >= 0.6 is 11.3 Å². The van der Waals surface area contributed by atoms with Gasteiger partial charge in [0.1, 0.15) is 23.1 Å². The number of rotatable bonds is 2. The number of H-pyrrole nitrogens is 1. The number of nitrogens with one attached hydrogen (secondary N) is 2. The summed E-state index contributed by atoms with van der Waals surface area (Å²) in [6.07, 6.45) is 1.35. The van der Waals surface area contributed by atoms with Gasteiger partial charge in [-0.05, 0) is 6.92 Å². The number of amides is 1. The molecule has 0 fully saturated rings. The van der Waals surface area contributed by atoms with Gasteiger partial charge in [-0.25, -0.2) is 4.98 Å². The lowest BCUT2D eigenvalue weighted by atomic mass is 10.3. The number of nitriles is 1. The van der Waals surface area contributed by atoms with E-state index in [1.807, 2.05) is 13.0 Å². The smallest absolute Gasteiger partial charge is 0.276 e. The third-order valence-electron chi connectivity index (χ3n) is 1.85. The van der Waals surface area contributed by atoms with Crippen molar-refractivity contribution in [3.8, 4) is 6.07 Å². The fraction of sp³-hybridized carbons (Fsp3) is 0.111. The number of hydrogen-bond donors (Lipinski definition) is 2. The van der Waals surface area contributed by atoms with Crippen LogP contribution in [0.3, 0.4) is 0 Å². The normalized spacial score (nSPS) is 9.75. The standard InChI is InChI=1S/C9H7N5OS/c1-5-12-7(4-16-5)9(15)13-8-6(2-10)3-11-14-8/h3-4H,1H3,(H2,11,13,14,15). The number of carbonyl (C=O) groups excluding carboxylic acids is 1. The molecule has 0 unspecified atom stereocenters. The second-order valence-electron chi connectivity index (χ2n) is 2.98. The van der Waals surface area contributed by atoms with Crippen LogP contribution < -0.4 is 5.32 Å². The lowest BCUT2D eigenvalue weighted by Crippen LogP contribution is -2.13. The summed E-state index contributed by atoms with van der Waals surface area (Å²) in [6, 6.07) is 1.91. The first-order chi connectivity index (χ1) is 7.70. The van der Waals surface area contributed by atoms with E-state index in [1.165, 1.54) is 17.5 Å². The molecule has 0 aromatic carbocycles. The molecule has 0 bridgehead atoms. The summed E-state index contributed by atoms with van der Waals surface area (Å²) in [4.78, 5) is 15.7. The first-order valence-electron chi connectivity index (χ1n) is 4.37. The van der Waals surface area contributed by atoms with Crippen LogP contribution in [0.2, 0.25) is 0 Å². The molecule has 0 atom stereocenters. The van der Waals surface area contributed by atoms with Gasteiger partial charge in [0.2, 0.25) is 0 Å². The summed E-state index contributed by atoms with van der Waals surface area (Å²) in [7, 11) is 0. The maximum atomic E-state index is 11.7. The highest BCUT2D eigenvalue weighted by molar-refractivity contribution is 7.09. The molecule has 2 heterocycles. The van der Waals surface area contributed by atoms with Gasteiger partial charge < -0.3 is 5.32 Å². The first-order valence-corrected chi connectivity index (χ1v) is 5.25. The van der Waals surface area contributed by atoms with Gasteiger partial charge in [0.05, 0.1) is 11.2 Å². The number of hydrogen-bond acceptors (Lipinski definition) is 5. The third-order valence-corrected chi connectivity index (χ3v) is 2.62. The zero-order valence-corrected chi connectivity index (χ0v) is 9.13. The summed E-state index contributed by atoms with van der Waals surface area (Å²) in [5, 5.41) is 19.9. The molecule has 0 radical (unpaired) electrons.